The number of nitrogens with one attached hydrogen (secondary N) is 3. The van der Waals surface area contributed by atoms with Gasteiger partial charge in [-0.2, -0.15) is 0 Å². The van der Waals surface area contributed by atoms with E-state index in [9.17, 15) is 9.59 Å². The lowest BCUT2D eigenvalue weighted by Gasteiger charge is -2.07. The second-order valence-electron chi connectivity index (χ2n) is 4.32. The summed E-state index contributed by atoms with van der Waals surface area (Å²) in [6, 6.07) is 7.54. The number of carbonyl (C=O) groups is 2. The Morgan fingerprint density at radius 3 is 2.76 bits per heavy atom. The first kappa shape index (κ1) is 14.4. The van der Waals surface area contributed by atoms with E-state index in [0.29, 0.717) is 17.3 Å². The van der Waals surface area contributed by atoms with Gasteiger partial charge in [0.15, 0.2) is 5.82 Å². The molecule has 0 aliphatic heterocycles. The molecule has 0 atom stereocenters. The van der Waals surface area contributed by atoms with Crippen molar-refractivity contribution in [3.8, 4) is 0 Å². The van der Waals surface area contributed by atoms with Crippen LogP contribution in [0.3, 0.4) is 0 Å². The van der Waals surface area contributed by atoms with Crippen molar-refractivity contribution >= 4 is 23.6 Å². The minimum absolute atomic E-state index is 0.289. The molecular weight excluding hydrogens is 274 g/mol. The second kappa shape index (κ2) is 6.42. The molecule has 0 radical (unpaired) electrons. The van der Waals surface area contributed by atoms with Gasteiger partial charge in [-0.1, -0.05) is 17.3 Å². The molecule has 5 N–H and O–H groups in total. The third kappa shape index (κ3) is 4.53. The number of primary amides is 1. The van der Waals surface area contributed by atoms with Crippen LogP contribution in [0.1, 0.15) is 11.3 Å². The van der Waals surface area contributed by atoms with Gasteiger partial charge in [-0.3, -0.25) is 5.32 Å². The van der Waals surface area contributed by atoms with E-state index in [0.717, 1.165) is 5.56 Å². The Bertz CT molecular complexity index is 653. The summed E-state index contributed by atoms with van der Waals surface area (Å²) in [5.41, 5.74) is 6.42. The highest BCUT2D eigenvalue weighted by molar-refractivity contribution is 5.88. The molecule has 2 aromatic rings. The Balaban J connectivity index is 1.87. The van der Waals surface area contributed by atoms with Crippen LogP contribution in [-0.2, 0) is 6.54 Å². The minimum atomic E-state index is -0.640. The quantitative estimate of drug-likeness (QED) is 0.685. The van der Waals surface area contributed by atoms with E-state index in [-0.39, 0.29) is 6.54 Å². The maximum Gasteiger partial charge on any atom is 0.320 e. The van der Waals surface area contributed by atoms with Crippen LogP contribution in [0.2, 0.25) is 0 Å². The van der Waals surface area contributed by atoms with Crippen molar-refractivity contribution in [2.45, 2.75) is 13.5 Å². The predicted molar refractivity (Wildman–Crippen MR) is 76.7 cm³/mol. The number of amides is 4. The molecule has 1 aromatic carbocycles. The second-order valence-corrected chi connectivity index (χ2v) is 4.32. The van der Waals surface area contributed by atoms with Crippen molar-refractivity contribution in [3.05, 3.63) is 41.7 Å². The summed E-state index contributed by atoms with van der Waals surface area (Å²) >= 11 is 0. The van der Waals surface area contributed by atoms with Crippen LogP contribution in [0.25, 0.3) is 0 Å². The molecule has 4 amide bonds. The molecule has 0 bridgehead atoms. The molecule has 0 saturated carbocycles. The van der Waals surface area contributed by atoms with Gasteiger partial charge in [-0.25, -0.2) is 9.59 Å². The van der Waals surface area contributed by atoms with Gasteiger partial charge in [0.2, 0.25) is 0 Å². The summed E-state index contributed by atoms with van der Waals surface area (Å²) in [4.78, 5) is 22.4. The fraction of sp³-hybridized carbons (Fsp3) is 0.154. The lowest BCUT2D eigenvalue weighted by Crippen LogP contribution is -2.28. The molecule has 0 saturated heterocycles. The number of anilines is 2. The van der Waals surface area contributed by atoms with Crippen molar-refractivity contribution in [3.63, 3.8) is 0 Å². The first-order valence-electron chi connectivity index (χ1n) is 6.16. The standard InChI is InChI=1S/C13H15N5O3/c1-8-5-11(18-21-8)17-13(20)15-7-9-3-2-4-10(6-9)16-12(14)19/h2-6H,7H2,1H3,(H3,14,16,19)(H2,15,17,18,20). The van der Waals surface area contributed by atoms with Crippen molar-refractivity contribution < 1.29 is 14.1 Å². The van der Waals surface area contributed by atoms with Gasteiger partial charge in [0.25, 0.3) is 0 Å². The lowest BCUT2D eigenvalue weighted by molar-refractivity contribution is 0.251. The highest BCUT2D eigenvalue weighted by Crippen LogP contribution is 2.10. The number of aryl methyl sites for hydroxylation is 1. The number of nitrogens with zero attached hydrogens (tertiary/aromatic N) is 1. The summed E-state index contributed by atoms with van der Waals surface area (Å²) in [6.07, 6.45) is 0. The summed E-state index contributed by atoms with van der Waals surface area (Å²) in [6.45, 7) is 2.02. The number of nitrogens with two attached hydrogens (primary N) is 1. The van der Waals surface area contributed by atoms with Crippen LogP contribution in [-0.4, -0.2) is 17.2 Å². The third-order valence-electron chi connectivity index (χ3n) is 2.52. The van der Waals surface area contributed by atoms with E-state index in [4.69, 9.17) is 10.3 Å². The van der Waals surface area contributed by atoms with Crippen LogP contribution in [0.5, 0.6) is 0 Å². The van der Waals surface area contributed by atoms with Crippen molar-refractivity contribution in [2.24, 2.45) is 5.73 Å². The van der Waals surface area contributed by atoms with Gasteiger partial charge in [-0.05, 0) is 24.6 Å². The molecule has 8 nitrogen and oxygen atoms in total. The van der Waals surface area contributed by atoms with Crippen molar-refractivity contribution in [1.82, 2.24) is 10.5 Å². The van der Waals surface area contributed by atoms with E-state index in [1.54, 1.807) is 31.2 Å². The molecule has 0 fully saturated rings. The van der Waals surface area contributed by atoms with E-state index in [2.05, 4.69) is 21.1 Å². The molecule has 0 unspecified atom stereocenters. The Morgan fingerprint density at radius 1 is 1.29 bits per heavy atom. The van der Waals surface area contributed by atoms with Gasteiger partial charge in [-0.15, -0.1) is 0 Å². The number of urea groups is 2. The molecule has 0 spiro atoms. The zero-order valence-electron chi connectivity index (χ0n) is 11.3. The minimum Gasteiger partial charge on any atom is -0.360 e. The van der Waals surface area contributed by atoms with Gasteiger partial charge in [0.05, 0.1) is 0 Å². The maximum atomic E-state index is 11.7. The number of hydrogen-bond donors (Lipinski definition) is 4. The molecular formula is C13H15N5O3. The molecule has 1 heterocycles. The summed E-state index contributed by atoms with van der Waals surface area (Å²) in [5, 5.41) is 11.3. The van der Waals surface area contributed by atoms with Crippen molar-refractivity contribution in [2.75, 3.05) is 10.6 Å². The average molecular weight is 289 g/mol. The topological polar surface area (TPSA) is 122 Å². The maximum absolute atomic E-state index is 11.7. The van der Waals surface area contributed by atoms with Crippen LogP contribution in [0, 0.1) is 6.92 Å². The molecule has 110 valence electrons. The largest absolute Gasteiger partial charge is 0.360 e. The third-order valence-corrected chi connectivity index (χ3v) is 2.52. The fourth-order valence-electron chi connectivity index (χ4n) is 1.67. The first-order chi connectivity index (χ1) is 10.0. The van der Waals surface area contributed by atoms with Crippen LogP contribution in [0.15, 0.2) is 34.9 Å². The first-order valence-corrected chi connectivity index (χ1v) is 6.16. The van der Waals surface area contributed by atoms with Gasteiger partial charge >= 0.3 is 12.1 Å². The van der Waals surface area contributed by atoms with Gasteiger partial charge < -0.3 is 20.9 Å². The summed E-state index contributed by atoms with van der Waals surface area (Å²) < 4.78 is 4.84. The SMILES string of the molecule is Cc1cc(NC(=O)NCc2cccc(NC(N)=O)c2)no1. The lowest BCUT2D eigenvalue weighted by atomic mass is 10.2. The summed E-state index contributed by atoms with van der Waals surface area (Å²) in [7, 11) is 0. The van der Waals surface area contributed by atoms with Gasteiger partial charge in [0, 0.05) is 18.3 Å². The number of hydrogen-bond acceptors (Lipinski definition) is 4. The smallest absolute Gasteiger partial charge is 0.320 e. The molecule has 8 heteroatoms. The number of aromatic nitrogens is 1. The van der Waals surface area contributed by atoms with E-state index in [1.807, 2.05) is 6.07 Å². The molecule has 21 heavy (non-hydrogen) atoms. The van der Waals surface area contributed by atoms with Crippen molar-refractivity contribution in [1.29, 1.82) is 0 Å². The molecule has 1 aromatic heterocycles. The fourth-order valence-corrected chi connectivity index (χ4v) is 1.67. The zero-order valence-corrected chi connectivity index (χ0v) is 11.3. The monoisotopic (exact) mass is 289 g/mol. The van der Waals surface area contributed by atoms with Crippen LogP contribution in [0.4, 0.5) is 21.1 Å². The molecule has 2 rings (SSSR count). The molecule has 0 aliphatic carbocycles. The zero-order chi connectivity index (χ0) is 15.2. The van der Waals surface area contributed by atoms with Crippen LogP contribution >= 0.6 is 0 Å². The predicted octanol–water partition coefficient (Wildman–Crippen LogP) is 1.80. The van der Waals surface area contributed by atoms with E-state index >= 15 is 0 Å². The Labute approximate surface area is 120 Å². The normalized spacial score (nSPS) is 9.95. The van der Waals surface area contributed by atoms with E-state index < -0.39 is 12.1 Å². The van der Waals surface area contributed by atoms with Crippen LogP contribution < -0.4 is 21.7 Å². The Hall–Kier alpha value is -3.03. The van der Waals surface area contributed by atoms with E-state index in [1.165, 1.54) is 0 Å². The Morgan fingerprint density at radius 2 is 2.10 bits per heavy atom. The number of carbonyl (C=O) groups excluding carboxylic acids is 2. The summed E-state index contributed by atoms with van der Waals surface area (Å²) in [5.74, 6) is 0.949. The average Bonchev–Trinajstić information content (AvgIpc) is 2.81. The Kier molecular flexibility index (Phi) is 4.39. The number of benzene rings is 1. The van der Waals surface area contributed by atoms with Gasteiger partial charge in [0.1, 0.15) is 5.76 Å². The highest BCUT2D eigenvalue weighted by Gasteiger charge is 2.06. The highest BCUT2D eigenvalue weighted by atomic mass is 16.5. The molecule has 0 aliphatic rings. The number of rotatable bonds is 4.